The van der Waals surface area contributed by atoms with Crippen molar-refractivity contribution in [1.82, 2.24) is 4.90 Å². The first kappa shape index (κ1) is 22.4. The van der Waals surface area contributed by atoms with Gasteiger partial charge in [-0.05, 0) is 48.2 Å². The highest BCUT2D eigenvalue weighted by Gasteiger charge is 2.54. The van der Waals surface area contributed by atoms with Crippen molar-refractivity contribution in [3.63, 3.8) is 0 Å². The van der Waals surface area contributed by atoms with Gasteiger partial charge in [0.25, 0.3) is 0 Å². The first-order valence-electron chi connectivity index (χ1n) is 8.17. The van der Waals surface area contributed by atoms with E-state index in [4.69, 9.17) is 23.2 Å². The summed E-state index contributed by atoms with van der Waals surface area (Å²) in [6, 6.07) is 13.0. The zero-order valence-corrected chi connectivity index (χ0v) is 17.6. The summed E-state index contributed by atoms with van der Waals surface area (Å²) in [5, 5.41) is 17.4. The number of rotatable bonds is 6. The smallest absolute Gasteiger partial charge is 0.323 e. The van der Waals surface area contributed by atoms with Crippen LogP contribution >= 0.6 is 30.8 Å². The maximum atomic E-state index is 13.0. The molecule has 0 spiro atoms. The molecule has 6 nitrogen and oxygen atoms in total. The lowest BCUT2D eigenvalue weighted by molar-refractivity contribution is 0.191. The van der Waals surface area contributed by atoms with Crippen molar-refractivity contribution in [1.29, 1.82) is 10.5 Å². The van der Waals surface area contributed by atoms with Gasteiger partial charge in [-0.1, -0.05) is 47.5 Å². The highest BCUT2D eigenvalue weighted by Crippen LogP contribution is 2.62. The Morgan fingerprint density at radius 2 is 1.36 bits per heavy atom. The van der Waals surface area contributed by atoms with Crippen LogP contribution < -0.4 is 0 Å². The van der Waals surface area contributed by atoms with Crippen molar-refractivity contribution in [3.05, 3.63) is 68.7 Å². The van der Waals surface area contributed by atoms with Gasteiger partial charge in [0, 0.05) is 10.0 Å². The van der Waals surface area contributed by atoms with Crippen LogP contribution in [0.2, 0.25) is 10.0 Å². The zero-order chi connectivity index (χ0) is 21.1. The minimum absolute atomic E-state index is 0.231. The lowest BCUT2D eigenvalue weighted by Crippen LogP contribution is -2.47. The Morgan fingerprint density at radius 1 is 0.964 bits per heavy atom. The highest BCUT2D eigenvalue weighted by atomic mass is 35.5. The van der Waals surface area contributed by atoms with E-state index in [-0.39, 0.29) is 24.2 Å². The Bertz CT molecular complexity index is 957. The van der Waals surface area contributed by atoms with Gasteiger partial charge in [0.15, 0.2) is 5.28 Å². The van der Waals surface area contributed by atoms with Crippen LogP contribution in [0.15, 0.2) is 36.4 Å². The second kappa shape index (κ2) is 8.64. The summed E-state index contributed by atoms with van der Waals surface area (Å²) in [7, 11) is -5.00. The molecule has 0 radical (unpaired) electrons. The fourth-order valence-corrected chi connectivity index (χ4v) is 4.93. The number of nitrogens with zero attached hydrogens (tertiary/aromatic N) is 3. The van der Waals surface area contributed by atoms with Crippen molar-refractivity contribution in [2.24, 2.45) is 0 Å². The molecule has 0 bridgehead atoms. The van der Waals surface area contributed by atoms with E-state index in [0.29, 0.717) is 21.2 Å². The summed E-state index contributed by atoms with van der Waals surface area (Å²) in [5.41, 5.74) is 1.68. The molecule has 9 heteroatoms. The molecule has 0 aliphatic rings. The third-order valence-corrected chi connectivity index (χ3v) is 7.01. The molecule has 0 saturated heterocycles. The molecular weight excluding hydrogens is 420 g/mol. The van der Waals surface area contributed by atoms with Gasteiger partial charge in [-0.15, -0.1) is 0 Å². The standard InChI is InChI=1S/C19H18Cl2N3O3P/c1-13-11-15(3-5-17(13)20)19(28(25,26)27,24(9-7-22)10-8-23)16-4-6-18(21)14(2)12-16/h3-6,11-12H,9-10H2,1-2H3,(H2,25,26,27). The van der Waals surface area contributed by atoms with E-state index >= 15 is 0 Å². The summed E-state index contributed by atoms with van der Waals surface area (Å²) in [6.07, 6.45) is 0. The molecule has 28 heavy (non-hydrogen) atoms. The Balaban J connectivity index is 3.00. The summed E-state index contributed by atoms with van der Waals surface area (Å²) < 4.78 is 13.0. The average Bonchev–Trinajstić information content (AvgIpc) is 2.60. The van der Waals surface area contributed by atoms with E-state index in [2.05, 4.69) is 0 Å². The van der Waals surface area contributed by atoms with Crippen LogP contribution in [0, 0.1) is 36.5 Å². The molecule has 0 saturated carbocycles. The number of nitriles is 2. The van der Waals surface area contributed by atoms with Gasteiger partial charge >= 0.3 is 7.60 Å². The van der Waals surface area contributed by atoms with Crippen molar-refractivity contribution in [3.8, 4) is 12.1 Å². The van der Waals surface area contributed by atoms with Crippen molar-refractivity contribution in [2.45, 2.75) is 19.1 Å². The molecule has 0 heterocycles. The zero-order valence-electron chi connectivity index (χ0n) is 15.2. The monoisotopic (exact) mass is 437 g/mol. The molecule has 0 unspecified atom stereocenters. The number of benzene rings is 2. The molecule has 0 amide bonds. The third-order valence-electron chi connectivity index (χ3n) is 4.52. The molecule has 2 N–H and O–H groups in total. The Morgan fingerprint density at radius 3 is 1.64 bits per heavy atom. The van der Waals surface area contributed by atoms with Gasteiger partial charge in [-0.2, -0.15) is 10.5 Å². The molecule has 2 rings (SSSR count). The van der Waals surface area contributed by atoms with Crippen LogP contribution in [0.4, 0.5) is 0 Å². The van der Waals surface area contributed by atoms with Crippen molar-refractivity contribution in [2.75, 3.05) is 13.1 Å². The maximum Gasteiger partial charge on any atom is 0.354 e. The average molecular weight is 438 g/mol. The van der Waals surface area contributed by atoms with Gasteiger partial charge in [0.05, 0.1) is 25.2 Å². The topological polar surface area (TPSA) is 108 Å². The first-order valence-corrected chi connectivity index (χ1v) is 10.5. The van der Waals surface area contributed by atoms with Crippen molar-refractivity contribution < 1.29 is 14.4 Å². The van der Waals surface area contributed by atoms with Gasteiger partial charge in [0.1, 0.15) is 0 Å². The van der Waals surface area contributed by atoms with Crippen LogP contribution in [-0.2, 0) is 9.85 Å². The van der Waals surface area contributed by atoms with Crippen LogP contribution in [0.5, 0.6) is 0 Å². The molecule has 2 aromatic carbocycles. The summed E-state index contributed by atoms with van der Waals surface area (Å²) in [5.74, 6) is 0. The predicted octanol–water partition coefficient (Wildman–Crippen LogP) is 4.34. The molecular formula is C19H18Cl2N3O3P. The van der Waals surface area contributed by atoms with E-state index in [1.54, 1.807) is 26.0 Å². The number of halogens is 2. The van der Waals surface area contributed by atoms with Gasteiger partial charge in [0.2, 0.25) is 0 Å². The lowest BCUT2D eigenvalue weighted by Gasteiger charge is -2.43. The van der Waals surface area contributed by atoms with Crippen LogP contribution in [0.1, 0.15) is 22.3 Å². The fraction of sp³-hybridized carbons (Fsp3) is 0.263. The van der Waals surface area contributed by atoms with Gasteiger partial charge in [-0.3, -0.25) is 9.46 Å². The van der Waals surface area contributed by atoms with E-state index < -0.39 is 12.9 Å². The number of hydrogen-bond donors (Lipinski definition) is 2. The van der Waals surface area contributed by atoms with Gasteiger partial charge in [-0.25, -0.2) is 0 Å². The molecule has 0 atom stereocenters. The molecule has 0 aromatic heterocycles. The second-order valence-corrected chi connectivity index (χ2v) is 8.87. The molecule has 0 aliphatic carbocycles. The maximum absolute atomic E-state index is 13.0. The normalized spacial score (nSPS) is 11.9. The van der Waals surface area contributed by atoms with E-state index in [1.807, 2.05) is 12.1 Å². The van der Waals surface area contributed by atoms with E-state index in [9.17, 15) is 24.9 Å². The quantitative estimate of drug-likeness (QED) is 0.513. The first-order chi connectivity index (χ1) is 13.1. The molecule has 2 aromatic rings. The highest BCUT2D eigenvalue weighted by molar-refractivity contribution is 7.53. The Kier molecular flexibility index (Phi) is 6.91. The van der Waals surface area contributed by atoms with Gasteiger partial charge < -0.3 is 9.79 Å². The summed E-state index contributed by atoms with van der Waals surface area (Å²) in [6.45, 7) is 2.68. The summed E-state index contributed by atoms with van der Waals surface area (Å²) >= 11 is 12.2. The van der Waals surface area contributed by atoms with Crippen LogP contribution in [0.3, 0.4) is 0 Å². The predicted molar refractivity (Wildman–Crippen MR) is 108 cm³/mol. The third kappa shape index (κ3) is 3.95. The SMILES string of the molecule is Cc1cc(C(c2ccc(Cl)c(C)c2)(N(CC#N)CC#N)P(=O)(O)O)ccc1Cl. The van der Waals surface area contributed by atoms with E-state index in [1.165, 1.54) is 29.2 Å². The molecule has 0 fully saturated rings. The Hall–Kier alpha value is -1.89. The molecule has 146 valence electrons. The largest absolute Gasteiger partial charge is 0.354 e. The molecule has 0 aliphatic heterocycles. The fourth-order valence-electron chi connectivity index (χ4n) is 3.23. The minimum atomic E-state index is -5.00. The van der Waals surface area contributed by atoms with E-state index in [0.717, 1.165) is 0 Å². The van der Waals surface area contributed by atoms with Crippen LogP contribution in [-0.4, -0.2) is 27.8 Å². The number of aryl methyl sites for hydroxylation is 2. The number of hydrogen-bond acceptors (Lipinski definition) is 4. The van der Waals surface area contributed by atoms with Crippen LogP contribution in [0.25, 0.3) is 0 Å². The Labute approximate surface area is 173 Å². The summed E-state index contributed by atoms with van der Waals surface area (Å²) in [4.78, 5) is 22.3. The second-order valence-electron chi connectivity index (χ2n) is 6.32. The van der Waals surface area contributed by atoms with Crippen molar-refractivity contribution >= 4 is 30.8 Å². The lowest BCUT2D eigenvalue weighted by atomic mass is 9.93. The minimum Gasteiger partial charge on any atom is -0.323 e.